The van der Waals surface area contributed by atoms with Crippen LogP contribution in [0.2, 0.25) is 0 Å². The van der Waals surface area contributed by atoms with Crippen LogP contribution in [0.3, 0.4) is 0 Å². The smallest absolute Gasteiger partial charge is 0.341 e. The number of anilines is 1. The molecule has 2 N–H and O–H groups in total. The maximum Gasteiger partial charge on any atom is 0.341 e. The van der Waals surface area contributed by atoms with Crippen molar-refractivity contribution in [2.45, 2.75) is 20.3 Å². The number of halogens is 1. The van der Waals surface area contributed by atoms with Gasteiger partial charge < -0.3 is 15.0 Å². The van der Waals surface area contributed by atoms with Gasteiger partial charge in [-0.05, 0) is 49.2 Å². The Labute approximate surface area is 188 Å². The van der Waals surface area contributed by atoms with E-state index in [9.17, 15) is 18.8 Å². The molecule has 1 aromatic carbocycles. The molecule has 2 heterocycles. The lowest BCUT2D eigenvalue weighted by Crippen LogP contribution is -2.21. The third-order valence-electron chi connectivity index (χ3n) is 4.58. The van der Waals surface area contributed by atoms with E-state index in [0.717, 1.165) is 11.3 Å². The van der Waals surface area contributed by atoms with Gasteiger partial charge in [-0.1, -0.05) is 6.92 Å². The average molecular weight is 459 g/mol. The summed E-state index contributed by atoms with van der Waals surface area (Å²) in [5.74, 6) is -1.80. The second kappa shape index (κ2) is 9.73. The summed E-state index contributed by atoms with van der Waals surface area (Å²) in [4.78, 5) is 39.8. The minimum absolute atomic E-state index is 0.142. The Kier molecular flexibility index (Phi) is 7.04. The van der Waals surface area contributed by atoms with Crippen LogP contribution in [-0.4, -0.2) is 53.6 Å². The maximum absolute atomic E-state index is 13.1. The molecule has 32 heavy (non-hydrogen) atoms. The molecule has 0 unspecified atom stereocenters. The van der Waals surface area contributed by atoms with Crippen LogP contribution in [0.1, 0.15) is 49.4 Å². The van der Waals surface area contributed by atoms with E-state index >= 15 is 0 Å². The Morgan fingerprint density at radius 1 is 1.22 bits per heavy atom. The summed E-state index contributed by atoms with van der Waals surface area (Å²) >= 11 is 1.01. The molecule has 3 rings (SSSR count). The van der Waals surface area contributed by atoms with Crippen molar-refractivity contribution < 1.29 is 23.5 Å². The quantitative estimate of drug-likeness (QED) is 0.519. The SMILES string of the molecule is CCCOC(=O)c1c(NC(=O)c2cc(-c3ccc(F)cc3)n[nH]2)sc(C(=O)N(C)C)c1C. The number of rotatable bonds is 7. The van der Waals surface area contributed by atoms with Crippen LogP contribution in [-0.2, 0) is 4.74 Å². The van der Waals surface area contributed by atoms with Gasteiger partial charge in [0.25, 0.3) is 11.8 Å². The first kappa shape index (κ1) is 23.1. The highest BCUT2D eigenvalue weighted by molar-refractivity contribution is 7.18. The third-order valence-corrected chi connectivity index (χ3v) is 5.77. The molecule has 0 atom stereocenters. The molecule has 0 aliphatic rings. The number of aromatic amines is 1. The van der Waals surface area contributed by atoms with E-state index in [2.05, 4.69) is 15.5 Å². The van der Waals surface area contributed by atoms with E-state index in [4.69, 9.17) is 4.74 Å². The number of nitrogens with one attached hydrogen (secondary N) is 2. The number of ether oxygens (including phenoxy) is 1. The molecule has 0 fully saturated rings. The van der Waals surface area contributed by atoms with Gasteiger partial charge in [-0.2, -0.15) is 5.10 Å². The Morgan fingerprint density at radius 3 is 2.53 bits per heavy atom. The van der Waals surface area contributed by atoms with Gasteiger partial charge in [0.1, 0.15) is 16.5 Å². The molecular weight excluding hydrogens is 435 g/mol. The van der Waals surface area contributed by atoms with Gasteiger partial charge in [0, 0.05) is 19.7 Å². The zero-order valence-corrected chi connectivity index (χ0v) is 18.9. The highest BCUT2D eigenvalue weighted by Gasteiger charge is 2.28. The number of hydrogen-bond donors (Lipinski definition) is 2. The number of hydrogen-bond acceptors (Lipinski definition) is 6. The number of nitrogens with zero attached hydrogens (tertiary/aromatic N) is 2. The van der Waals surface area contributed by atoms with E-state index in [1.54, 1.807) is 33.2 Å². The minimum atomic E-state index is -0.606. The first-order valence-electron chi connectivity index (χ1n) is 9.87. The van der Waals surface area contributed by atoms with Gasteiger partial charge in [-0.3, -0.25) is 14.7 Å². The number of benzene rings is 1. The van der Waals surface area contributed by atoms with Crippen LogP contribution in [0.15, 0.2) is 30.3 Å². The van der Waals surface area contributed by atoms with Crippen LogP contribution in [0.4, 0.5) is 9.39 Å². The molecule has 0 radical (unpaired) electrons. The van der Waals surface area contributed by atoms with Gasteiger partial charge in [-0.15, -0.1) is 11.3 Å². The van der Waals surface area contributed by atoms with Gasteiger partial charge in [0.2, 0.25) is 0 Å². The summed E-state index contributed by atoms with van der Waals surface area (Å²) < 4.78 is 18.4. The van der Waals surface area contributed by atoms with Crippen molar-refractivity contribution >= 4 is 34.1 Å². The van der Waals surface area contributed by atoms with Crippen molar-refractivity contribution in [3.05, 3.63) is 57.8 Å². The standard InChI is InChI=1S/C22H23FN4O4S/c1-5-10-31-22(30)17-12(2)18(21(29)27(3)4)32-20(17)24-19(28)16-11-15(25-26-16)13-6-8-14(23)9-7-13/h6-9,11H,5,10H2,1-4H3,(H,24,28)(H,25,26). The lowest BCUT2D eigenvalue weighted by molar-refractivity contribution is 0.0506. The van der Waals surface area contributed by atoms with Crippen molar-refractivity contribution in [3.8, 4) is 11.3 Å². The summed E-state index contributed by atoms with van der Waals surface area (Å²) in [5.41, 5.74) is 1.84. The second-order valence-electron chi connectivity index (χ2n) is 7.22. The Balaban J connectivity index is 1.90. The molecule has 10 heteroatoms. The fourth-order valence-electron chi connectivity index (χ4n) is 2.90. The number of carbonyl (C=O) groups is 3. The topological polar surface area (TPSA) is 104 Å². The molecule has 2 amide bonds. The lowest BCUT2D eigenvalue weighted by Gasteiger charge is -2.09. The van der Waals surface area contributed by atoms with Crippen molar-refractivity contribution in [3.63, 3.8) is 0 Å². The first-order valence-corrected chi connectivity index (χ1v) is 10.7. The van der Waals surface area contributed by atoms with Gasteiger partial charge >= 0.3 is 5.97 Å². The minimum Gasteiger partial charge on any atom is -0.462 e. The van der Waals surface area contributed by atoms with Crippen LogP contribution < -0.4 is 5.32 Å². The van der Waals surface area contributed by atoms with Crippen molar-refractivity contribution in [1.82, 2.24) is 15.1 Å². The summed E-state index contributed by atoms with van der Waals surface area (Å²) in [5, 5.41) is 9.64. The zero-order chi connectivity index (χ0) is 23.4. The predicted octanol–water partition coefficient (Wildman–Crippen LogP) is 4.11. The second-order valence-corrected chi connectivity index (χ2v) is 8.24. The van der Waals surface area contributed by atoms with E-state index in [1.807, 2.05) is 6.92 Å². The molecule has 168 valence electrons. The number of amides is 2. The molecule has 0 saturated heterocycles. The largest absolute Gasteiger partial charge is 0.462 e. The number of H-pyrrole nitrogens is 1. The Bertz CT molecular complexity index is 1150. The van der Waals surface area contributed by atoms with Crippen molar-refractivity contribution in [2.75, 3.05) is 26.0 Å². The number of esters is 1. The Hall–Kier alpha value is -3.53. The number of carbonyl (C=O) groups excluding carboxylic acids is 3. The average Bonchev–Trinajstić information content (AvgIpc) is 3.37. The fraction of sp³-hybridized carbons (Fsp3) is 0.273. The molecule has 2 aromatic heterocycles. The summed E-state index contributed by atoms with van der Waals surface area (Å²) in [7, 11) is 3.22. The van der Waals surface area contributed by atoms with Crippen LogP contribution in [0.25, 0.3) is 11.3 Å². The molecule has 0 aliphatic heterocycles. The fourth-order valence-corrected chi connectivity index (χ4v) is 4.11. The summed E-state index contributed by atoms with van der Waals surface area (Å²) in [6, 6.07) is 7.23. The molecule has 0 spiro atoms. The van der Waals surface area contributed by atoms with Gasteiger partial charge in [-0.25, -0.2) is 9.18 Å². The van der Waals surface area contributed by atoms with E-state index in [1.165, 1.54) is 23.1 Å². The highest BCUT2D eigenvalue weighted by atomic mass is 32.1. The van der Waals surface area contributed by atoms with Crippen molar-refractivity contribution in [2.24, 2.45) is 0 Å². The zero-order valence-electron chi connectivity index (χ0n) is 18.1. The molecule has 3 aromatic rings. The molecular formula is C22H23FN4O4S. The van der Waals surface area contributed by atoms with Gasteiger partial charge in [0.05, 0.1) is 22.7 Å². The third kappa shape index (κ3) is 4.86. The monoisotopic (exact) mass is 458 g/mol. The molecule has 0 bridgehead atoms. The van der Waals surface area contributed by atoms with Gasteiger partial charge in [0.15, 0.2) is 0 Å². The first-order chi connectivity index (χ1) is 15.2. The van der Waals surface area contributed by atoms with E-state index < -0.39 is 11.9 Å². The summed E-state index contributed by atoms with van der Waals surface area (Å²) in [6.07, 6.45) is 0.639. The number of thiophene rings is 1. The highest BCUT2D eigenvalue weighted by Crippen LogP contribution is 2.35. The van der Waals surface area contributed by atoms with Crippen molar-refractivity contribution in [1.29, 1.82) is 0 Å². The van der Waals surface area contributed by atoms with E-state index in [0.29, 0.717) is 28.1 Å². The Morgan fingerprint density at radius 2 is 1.91 bits per heavy atom. The maximum atomic E-state index is 13.1. The summed E-state index contributed by atoms with van der Waals surface area (Å²) in [6.45, 7) is 3.74. The number of aromatic nitrogens is 2. The predicted molar refractivity (Wildman–Crippen MR) is 120 cm³/mol. The molecule has 0 aliphatic carbocycles. The lowest BCUT2D eigenvalue weighted by atomic mass is 10.1. The molecule has 0 saturated carbocycles. The van der Waals surface area contributed by atoms with Crippen LogP contribution in [0.5, 0.6) is 0 Å². The van der Waals surface area contributed by atoms with Crippen LogP contribution in [0, 0.1) is 12.7 Å². The van der Waals surface area contributed by atoms with E-state index in [-0.39, 0.29) is 34.6 Å². The van der Waals surface area contributed by atoms with Crippen LogP contribution >= 0.6 is 11.3 Å². The normalized spacial score (nSPS) is 10.7. The molecule has 8 nitrogen and oxygen atoms in total.